The summed E-state index contributed by atoms with van der Waals surface area (Å²) in [6, 6.07) is 17.0. The maximum Gasteiger partial charge on any atom is 0.323 e. The fraction of sp³-hybridized carbons (Fsp3) is 0.278. The number of para-hydroxylation sites is 1. The fourth-order valence-corrected chi connectivity index (χ4v) is 3.18. The second-order valence-electron chi connectivity index (χ2n) is 5.82. The first kappa shape index (κ1) is 21.2. The van der Waals surface area contributed by atoms with Gasteiger partial charge in [-0.2, -0.15) is 0 Å². The van der Waals surface area contributed by atoms with E-state index in [0.717, 1.165) is 43.2 Å². The van der Waals surface area contributed by atoms with Crippen molar-refractivity contribution in [3.63, 3.8) is 0 Å². The Labute approximate surface area is 180 Å². The Morgan fingerprint density at radius 3 is 1.92 bits per heavy atom. The molecule has 1 radical (unpaired) electrons. The van der Waals surface area contributed by atoms with E-state index in [2.05, 4.69) is 20.4 Å². The monoisotopic (exact) mass is 569 g/mol. The first-order valence-electron chi connectivity index (χ1n) is 8.15. The number of hydrogen-bond acceptors (Lipinski definition) is 5. The molecule has 0 spiro atoms. The summed E-state index contributed by atoms with van der Waals surface area (Å²) in [6.07, 6.45) is 0. The zero-order valence-electron chi connectivity index (χ0n) is 14.0. The minimum absolute atomic E-state index is 0. The molecule has 2 aromatic rings. The van der Waals surface area contributed by atoms with Gasteiger partial charge in [0.25, 0.3) is 0 Å². The molecule has 0 aliphatic carbocycles. The van der Waals surface area contributed by atoms with Crippen LogP contribution in [0, 0.1) is 0 Å². The van der Waals surface area contributed by atoms with Crippen LogP contribution in [-0.4, -0.2) is 41.8 Å². The van der Waals surface area contributed by atoms with Gasteiger partial charge in [-0.15, -0.1) is 0 Å². The Balaban J connectivity index is 0.00000243. The molecule has 8 heteroatoms. The number of nitrogens with zero attached hydrogens (tertiary/aromatic N) is 2. The van der Waals surface area contributed by atoms with Crippen molar-refractivity contribution in [3.05, 3.63) is 54.6 Å². The fourth-order valence-electron chi connectivity index (χ4n) is 2.76. The number of urea groups is 1. The molecule has 0 bridgehead atoms. The standard InChI is InChI=1S/C18H22N4OS2.Au/c23-17(19-14-4-2-1-3-5-14)20-15-6-8-16(9-7-15)21-10-12-22(13-11-21)18(24)25;/h1-9,18,24-25H,10-13H2,(H2,19,20,23);/p-2. The Morgan fingerprint density at radius 1 is 0.846 bits per heavy atom. The van der Waals surface area contributed by atoms with Gasteiger partial charge in [-0.25, -0.2) is 9.50 Å². The normalized spacial score (nSPS) is 14.7. The summed E-state index contributed by atoms with van der Waals surface area (Å²) in [4.78, 5) is 16.4. The number of nitrogens with one attached hydrogen (secondary N) is 2. The van der Waals surface area contributed by atoms with E-state index in [4.69, 9.17) is 25.3 Å². The summed E-state index contributed by atoms with van der Waals surface area (Å²) in [5.41, 5.74) is 2.65. The molecule has 0 saturated carbocycles. The molecule has 5 nitrogen and oxygen atoms in total. The van der Waals surface area contributed by atoms with Crippen LogP contribution in [0.1, 0.15) is 0 Å². The molecule has 26 heavy (non-hydrogen) atoms. The molecule has 1 saturated heterocycles. The summed E-state index contributed by atoms with van der Waals surface area (Å²) >= 11 is 10.3. The summed E-state index contributed by atoms with van der Waals surface area (Å²) in [5, 5.41) is 5.64. The molecule has 143 valence electrons. The van der Waals surface area contributed by atoms with E-state index in [9.17, 15) is 4.79 Å². The third kappa shape index (κ3) is 5.97. The van der Waals surface area contributed by atoms with Gasteiger partial charge in [0.1, 0.15) is 0 Å². The zero-order valence-corrected chi connectivity index (χ0v) is 17.8. The van der Waals surface area contributed by atoms with Crippen LogP contribution < -0.4 is 15.5 Å². The second kappa shape index (κ2) is 10.3. The maximum atomic E-state index is 12.0. The number of carbonyl (C=O) groups is 1. The summed E-state index contributed by atoms with van der Waals surface area (Å²) in [5.74, 6) is 0. The Hall–Kier alpha value is -1.09. The van der Waals surface area contributed by atoms with Crippen molar-refractivity contribution in [2.45, 2.75) is 4.71 Å². The molecule has 2 aromatic carbocycles. The van der Waals surface area contributed by atoms with Crippen molar-refractivity contribution in [2.75, 3.05) is 41.7 Å². The molecule has 1 heterocycles. The number of rotatable bonds is 4. The van der Waals surface area contributed by atoms with E-state index >= 15 is 0 Å². The Morgan fingerprint density at radius 2 is 1.38 bits per heavy atom. The van der Waals surface area contributed by atoms with Gasteiger partial charge in [0, 0.05) is 65.6 Å². The molecule has 0 unspecified atom stereocenters. The molecular weight excluding hydrogens is 549 g/mol. The van der Waals surface area contributed by atoms with Crippen molar-refractivity contribution < 1.29 is 27.2 Å². The Kier molecular flexibility index (Phi) is 8.40. The molecule has 3 rings (SSSR count). The van der Waals surface area contributed by atoms with Gasteiger partial charge in [0.2, 0.25) is 0 Å². The minimum atomic E-state index is -0.255. The van der Waals surface area contributed by atoms with Crippen molar-refractivity contribution >= 4 is 48.4 Å². The molecule has 2 amide bonds. The summed E-state index contributed by atoms with van der Waals surface area (Å²) in [6.45, 7) is 3.59. The van der Waals surface area contributed by atoms with Crippen LogP contribution in [0.15, 0.2) is 54.6 Å². The first-order chi connectivity index (χ1) is 12.1. The van der Waals surface area contributed by atoms with E-state index in [1.54, 1.807) is 0 Å². The minimum Gasteiger partial charge on any atom is -0.800 e. The van der Waals surface area contributed by atoms with Gasteiger partial charge in [-0.05, 0) is 36.4 Å². The summed E-state index contributed by atoms with van der Waals surface area (Å²) < 4.78 is -0.225. The van der Waals surface area contributed by atoms with Crippen LogP contribution in [0.25, 0.3) is 0 Å². The largest absolute Gasteiger partial charge is 0.800 e. The van der Waals surface area contributed by atoms with Crippen LogP contribution >= 0.6 is 0 Å². The predicted octanol–water partition coefficient (Wildman–Crippen LogP) is 2.83. The second-order valence-corrected chi connectivity index (χ2v) is 7.01. The SMILES string of the molecule is O=C(Nc1ccccc1)Nc1ccc(N2CCN(C([S-])[S-])CC2)cc1.[Au]. The molecule has 1 fully saturated rings. The average molecular weight is 569 g/mol. The average Bonchev–Trinajstić information content (AvgIpc) is 2.63. The molecule has 1 aliphatic rings. The van der Waals surface area contributed by atoms with E-state index in [-0.39, 0.29) is 33.1 Å². The van der Waals surface area contributed by atoms with Gasteiger partial charge in [-0.3, -0.25) is 0 Å². The van der Waals surface area contributed by atoms with Crippen LogP contribution in [-0.2, 0) is 47.6 Å². The van der Waals surface area contributed by atoms with Crippen LogP contribution in [0.4, 0.5) is 21.9 Å². The van der Waals surface area contributed by atoms with Gasteiger partial charge < -0.3 is 45.7 Å². The van der Waals surface area contributed by atoms with Crippen molar-refractivity contribution in [2.24, 2.45) is 0 Å². The van der Waals surface area contributed by atoms with Crippen molar-refractivity contribution in [1.29, 1.82) is 0 Å². The predicted molar refractivity (Wildman–Crippen MR) is 108 cm³/mol. The summed E-state index contributed by atoms with van der Waals surface area (Å²) in [7, 11) is 0. The quantitative estimate of drug-likeness (QED) is 0.439. The number of anilines is 3. The molecular formula is C18H20AuN4OS2-2. The third-order valence-electron chi connectivity index (χ3n) is 4.13. The number of benzene rings is 2. The van der Waals surface area contributed by atoms with Gasteiger partial charge >= 0.3 is 6.03 Å². The van der Waals surface area contributed by atoms with Crippen molar-refractivity contribution in [3.8, 4) is 0 Å². The van der Waals surface area contributed by atoms with Crippen LogP contribution in [0.5, 0.6) is 0 Å². The smallest absolute Gasteiger partial charge is 0.323 e. The number of hydrogen-bond donors (Lipinski definition) is 2. The number of carbonyl (C=O) groups excluding carboxylic acids is 1. The zero-order chi connectivity index (χ0) is 17.6. The topological polar surface area (TPSA) is 47.6 Å². The third-order valence-corrected chi connectivity index (χ3v) is 4.73. The molecule has 2 N–H and O–H groups in total. The molecule has 0 atom stereocenters. The van der Waals surface area contributed by atoms with Gasteiger partial charge in [-0.1, -0.05) is 18.2 Å². The Bertz CT molecular complexity index is 692. The van der Waals surface area contributed by atoms with E-state index in [1.807, 2.05) is 54.6 Å². The number of piperazine rings is 1. The van der Waals surface area contributed by atoms with Crippen LogP contribution in [0.3, 0.4) is 0 Å². The maximum absolute atomic E-state index is 12.0. The van der Waals surface area contributed by atoms with E-state index < -0.39 is 0 Å². The van der Waals surface area contributed by atoms with E-state index in [0.29, 0.717) is 0 Å². The van der Waals surface area contributed by atoms with Gasteiger partial charge in [0.15, 0.2) is 0 Å². The first-order valence-corrected chi connectivity index (χ1v) is 9.10. The van der Waals surface area contributed by atoms with Crippen LogP contribution in [0.2, 0.25) is 0 Å². The number of amides is 2. The van der Waals surface area contributed by atoms with E-state index in [1.165, 1.54) is 0 Å². The van der Waals surface area contributed by atoms with Gasteiger partial charge in [0.05, 0.1) is 0 Å². The van der Waals surface area contributed by atoms with Crippen molar-refractivity contribution in [1.82, 2.24) is 4.90 Å². The molecule has 0 aromatic heterocycles. The molecule has 1 aliphatic heterocycles.